The van der Waals surface area contributed by atoms with Crippen molar-refractivity contribution in [2.75, 3.05) is 18.9 Å². The van der Waals surface area contributed by atoms with Gasteiger partial charge in [0.15, 0.2) is 0 Å². The number of alkyl halides is 1. The molecule has 4 heteroatoms. The first-order valence-electron chi connectivity index (χ1n) is 5.95. The second-order valence-electron chi connectivity index (χ2n) is 4.21. The normalized spacial score (nSPS) is 11.5. The molecule has 0 bridgehead atoms. The number of halogens is 1. The first kappa shape index (κ1) is 12.6. The summed E-state index contributed by atoms with van der Waals surface area (Å²) in [6.07, 6.45) is 0. The quantitative estimate of drug-likeness (QED) is 0.791. The molecule has 2 aromatic rings. The zero-order chi connectivity index (χ0) is 12.3. The molecule has 17 heavy (non-hydrogen) atoms. The molecule has 0 saturated heterocycles. The summed E-state index contributed by atoms with van der Waals surface area (Å²) >= 11 is 3.46. The smallest absolute Gasteiger partial charge is 0.0843 e. The second-order valence-corrected chi connectivity index (χ2v) is 5.00. The van der Waals surface area contributed by atoms with Gasteiger partial charge in [0.1, 0.15) is 0 Å². The van der Waals surface area contributed by atoms with Crippen LogP contribution in [0.4, 0.5) is 0 Å². The number of fused-ring (bicyclic) bond motifs is 1. The molecule has 0 unspecified atom stereocenters. The molecule has 1 heterocycles. The van der Waals surface area contributed by atoms with Crippen LogP contribution in [0, 0.1) is 0 Å². The van der Waals surface area contributed by atoms with Crippen LogP contribution < -0.4 is 0 Å². The van der Waals surface area contributed by atoms with Crippen molar-refractivity contribution >= 4 is 26.8 Å². The Bertz CT molecular complexity index is 492. The average molecular weight is 296 g/mol. The summed E-state index contributed by atoms with van der Waals surface area (Å²) in [5.74, 6) is 0. The molecule has 1 aromatic carbocycles. The van der Waals surface area contributed by atoms with E-state index < -0.39 is 0 Å². The largest absolute Gasteiger partial charge is 0.300 e. The third-order valence-electron chi connectivity index (χ3n) is 2.92. The van der Waals surface area contributed by atoms with Crippen molar-refractivity contribution < 1.29 is 0 Å². The lowest BCUT2D eigenvalue weighted by Gasteiger charge is -2.13. The topological polar surface area (TPSA) is 21.1 Å². The maximum absolute atomic E-state index is 4.69. The van der Waals surface area contributed by atoms with Crippen LogP contribution in [0.15, 0.2) is 24.3 Å². The van der Waals surface area contributed by atoms with Gasteiger partial charge in [-0.2, -0.15) is 5.10 Å². The van der Waals surface area contributed by atoms with E-state index in [1.54, 1.807) is 0 Å². The van der Waals surface area contributed by atoms with Crippen LogP contribution in [-0.2, 0) is 13.1 Å². The second kappa shape index (κ2) is 5.65. The van der Waals surface area contributed by atoms with Gasteiger partial charge in [-0.25, -0.2) is 0 Å². The van der Waals surface area contributed by atoms with E-state index in [-0.39, 0.29) is 0 Å². The van der Waals surface area contributed by atoms with Crippen LogP contribution in [-0.4, -0.2) is 33.6 Å². The number of nitrogens with zero attached hydrogens (tertiary/aromatic N) is 3. The van der Waals surface area contributed by atoms with Crippen LogP contribution in [0.5, 0.6) is 0 Å². The number of para-hydroxylation sites is 1. The molecule has 0 aliphatic heterocycles. The number of hydrogen-bond acceptors (Lipinski definition) is 2. The Morgan fingerprint density at radius 3 is 2.82 bits per heavy atom. The van der Waals surface area contributed by atoms with Crippen LogP contribution in [0.1, 0.15) is 12.6 Å². The Morgan fingerprint density at radius 1 is 1.35 bits per heavy atom. The number of aryl methyl sites for hydroxylation is 1. The summed E-state index contributed by atoms with van der Waals surface area (Å²) in [4.78, 5) is 2.28. The first-order chi connectivity index (χ1) is 8.26. The molecule has 1 aromatic heterocycles. The average Bonchev–Trinajstić information content (AvgIpc) is 2.68. The summed E-state index contributed by atoms with van der Waals surface area (Å²) < 4.78 is 2.08. The van der Waals surface area contributed by atoms with E-state index >= 15 is 0 Å². The van der Waals surface area contributed by atoms with E-state index in [4.69, 9.17) is 0 Å². The van der Waals surface area contributed by atoms with Crippen LogP contribution >= 0.6 is 15.9 Å². The van der Waals surface area contributed by atoms with E-state index in [1.165, 1.54) is 16.6 Å². The van der Waals surface area contributed by atoms with Crippen molar-refractivity contribution in [1.29, 1.82) is 0 Å². The van der Waals surface area contributed by atoms with Crippen molar-refractivity contribution in [3.63, 3.8) is 0 Å². The van der Waals surface area contributed by atoms with E-state index in [9.17, 15) is 0 Å². The van der Waals surface area contributed by atoms with Crippen LogP contribution in [0.2, 0.25) is 0 Å². The minimum absolute atomic E-state index is 0.902. The predicted molar refractivity (Wildman–Crippen MR) is 75.5 cm³/mol. The Kier molecular flexibility index (Phi) is 4.18. The minimum atomic E-state index is 0.902. The molecule has 0 aliphatic rings. The molecular weight excluding hydrogens is 278 g/mol. The highest BCUT2D eigenvalue weighted by Crippen LogP contribution is 2.19. The fraction of sp³-hybridized carbons (Fsp3) is 0.462. The maximum Gasteiger partial charge on any atom is 0.0843 e. The fourth-order valence-corrected chi connectivity index (χ4v) is 2.64. The highest BCUT2D eigenvalue weighted by Gasteiger charge is 2.10. The fourth-order valence-electron chi connectivity index (χ4n) is 2.03. The van der Waals surface area contributed by atoms with Crippen LogP contribution in [0.3, 0.4) is 0 Å². The summed E-state index contributed by atoms with van der Waals surface area (Å²) in [6.45, 7) is 4.99. The molecule has 0 spiro atoms. The number of benzene rings is 1. The number of aromatic nitrogens is 2. The van der Waals surface area contributed by atoms with Gasteiger partial charge in [-0.3, -0.25) is 9.58 Å². The Labute approximate surface area is 111 Å². The standard InChI is InChI=1S/C13H18BrN3/c1-3-17-13-7-5-4-6-11(13)12(15-17)10-16(2)9-8-14/h4-7H,3,8-10H2,1-2H3. The Morgan fingerprint density at radius 2 is 2.12 bits per heavy atom. The van der Waals surface area contributed by atoms with Gasteiger partial charge in [-0.1, -0.05) is 34.1 Å². The third-order valence-corrected chi connectivity index (χ3v) is 3.27. The zero-order valence-electron chi connectivity index (χ0n) is 10.4. The highest BCUT2D eigenvalue weighted by molar-refractivity contribution is 9.09. The lowest BCUT2D eigenvalue weighted by molar-refractivity contribution is 0.344. The molecule has 0 saturated carbocycles. The van der Waals surface area contributed by atoms with Crippen molar-refractivity contribution in [2.45, 2.75) is 20.0 Å². The third kappa shape index (κ3) is 2.69. The molecular formula is C13H18BrN3. The molecule has 0 amide bonds. The Hall–Kier alpha value is -0.870. The monoisotopic (exact) mass is 295 g/mol. The number of hydrogen-bond donors (Lipinski definition) is 0. The SMILES string of the molecule is CCn1nc(CN(C)CCBr)c2ccccc21. The molecule has 0 aliphatic carbocycles. The highest BCUT2D eigenvalue weighted by atomic mass is 79.9. The van der Waals surface area contributed by atoms with Gasteiger partial charge < -0.3 is 0 Å². The lowest BCUT2D eigenvalue weighted by Crippen LogP contribution is -2.20. The minimum Gasteiger partial charge on any atom is -0.300 e. The molecule has 0 radical (unpaired) electrons. The lowest BCUT2D eigenvalue weighted by atomic mass is 10.2. The van der Waals surface area contributed by atoms with Gasteiger partial charge in [0.05, 0.1) is 11.2 Å². The summed E-state index contributed by atoms with van der Waals surface area (Å²) in [5, 5.41) is 6.96. The van der Waals surface area contributed by atoms with Gasteiger partial charge in [-0.05, 0) is 20.0 Å². The van der Waals surface area contributed by atoms with Crippen molar-refractivity contribution in [1.82, 2.24) is 14.7 Å². The molecule has 92 valence electrons. The first-order valence-corrected chi connectivity index (χ1v) is 7.07. The summed E-state index contributed by atoms with van der Waals surface area (Å²) in [5.41, 5.74) is 2.41. The van der Waals surface area contributed by atoms with E-state index in [0.717, 1.165) is 25.0 Å². The molecule has 0 N–H and O–H groups in total. The zero-order valence-corrected chi connectivity index (χ0v) is 11.9. The predicted octanol–water partition coefficient (Wildman–Crippen LogP) is 2.88. The van der Waals surface area contributed by atoms with Gasteiger partial charge in [0, 0.05) is 30.4 Å². The van der Waals surface area contributed by atoms with Crippen molar-refractivity contribution in [2.24, 2.45) is 0 Å². The van der Waals surface area contributed by atoms with Crippen LogP contribution in [0.25, 0.3) is 10.9 Å². The summed E-state index contributed by atoms with van der Waals surface area (Å²) in [7, 11) is 2.13. The van der Waals surface area contributed by atoms with Gasteiger partial charge in [-0.15, -0.1) is 0 Å². The maximum atomic E-state index is 4.69. The molecule has 0 fully saturated rings. The van der Waals surface area contributed by atoms with Gasteiger partial charge in [0.25, 0.3) is 0 Å². The Balaban J connectivity index is 2.33. The molecule has 2 rings (SSSR count). The van der Waals surface area contributed by atoms with E-state index in [2.05, 4.69) is 68.8 Å². The summed E-state index contributed by atoms with van der Waals surface area (Å²) in [6, 6.07) is 8.45. The molecule has 0 atom stereocenters. The van der Waals surface area contributed by atoms with Crippen molar-refractivity contribution in [3.05, 3.63) is 30.0 Å². The van der Waals surface area contributed by atoms with Crippen molar-refractivity contribution in [3.8, 4) is 0 Å². The molecule has 3 nitrogen and oxygen atoms in total. The van der Waals surface area contributed by atoms with Gasteiger partial charge in [0.2, 0.25) is 0 Å². The van der Waals surface area contributed by atoms with Gasteiger partial charge >= 0.3 is 0 Å². The number of rotatable bonds is 5. The van der Waals surface area contributed by atoms with E-state index in [1.807, 2.05) is 0 Å². The van der Waals surface area contributed by atoms with E-state index in [0.29, 0.717) is 0 Å².